The number of aliphatic hydroxyl groups excluding tert-OH is 1. The standard InChI is InChI=1S/C35H59NO6/c1-20-18-22(29(31(5,6)39)41-21(2)37)42-27-26(20)32(7)14-15-35-19-34(35)13-12-25(40-17-16-36-9)30(3,4)23(34)10-11-24(35)33(32,8)28(27)38/h20,22-29,36,38-39H,10-19H2,1-9H3/t20-,22-,23+,24+,25+,26+,27+,28+,29+,32-,33-,34?,35+/m1/s1. The molecule has 7 nitrogen and oxygen atoms in total. The van der Waals surface area contributed by atoms with Crippen LogP contribution in [0.25, 0.3) is 0 Å². The number of likely N-dealkylation sites (N-methyl/N-ethyl adjacent to an activating group) is 1. The first kappa shape index (κ1) is 31.3. The zero-order chi connectivity index (χ0) is 30.7. The zero-order valence-electron chi connectivity index (χ0n) is 27.8. The van der Waals surface area contributed by atoms with Crippen molar-refractivity contribution in [2.24, 2.45) is 50.7 Å². The number of esters is 1. The van der Waals surface area contributed by atoms with Gasteiger partial charge >= 0.3 is 5.97 Å². The van der Waals surface area contributed by atoms with Crippen molar-refractivity contribution < 1.29 is 29.2 Å². The second-order valence-electron chi connectivity index (χ2n) is 17.2. The summed E-state index contributed by atoms with van der Waals surface area (Å²) < 4.78 is 19.0. The molecular formula is C35H59NO6. The van der Waals surface area contributed by atoms with Gasteiger partial charge < -0.3 is 29.7 Å². The molecule has 0 aromatic carbocycles. The normalized spacial score (nSPS) is 51.3. The lowest BCUT2D eigenvalue weighted by Crippen LogP contribution is -2.60. The highest BCUT2D eigenvalue weighted by Crippen LogP contribution is 2.89. The molecule has 42 heavy (non-hydrogen) atoms. The van der Waals surface area contributed by atoms with Gasteiger partial charge in [-0.1, -0.05) is 34.6 Å². The van der Waals surface area contributed by atoms with E-state index in [1.54, 1.807) is 13.8 Å². The van der Waals surface area contributed by atoms with E-state index in [-0.39, 0.29) is 28.3 Å². The number of fused-ring (bicyclic) bond motifs is 4. The summed E-state index contributed by atoms with van der Waals surface area (Å²) in [6.07, 6.45) is 7.39. The maximum atomic E-state index is 12.5. The van der Waals surface area contributed by atoms with Crippen molar-refractivity contribution in [1.82, 2.24) is 5.32 Å². The molecule has 0 aromatic rings. The molecule has 3 N–H and O–H groups in total. The van der Waals surface area contributed by atoms with Crippen LogP contribution in [0.2, 0.25) is 0 Å². The first-order valence-corrected chi connectivity index (χ1v) is 17.0. The van der Waals surface area contributed by atoms with E-state index in [0.29, 0.717) is 41.1 Å². The second kappa shape index (κ2) is 9.88. The minimum Gasteiger partial charge on any atom is -0.457 e. The Balaban J connectivity index is 1.29. The van der Waals surface area contributed by atoms with Gasteiger partial charge in [-0.05, 0) is 118 Å². The van der Waals surface area contributed by atoms with Crippen LogP contribution in [0.4, 0.5) is 0 Å². The molecule has 0 bridgehead atoms. The van der Waals surface area contributed by atoms with E-state index in [0.717, 1.165) is 26.0 Å². The summed E-state index contributed by atoms with van der Waals surface area (Å²) in [6, 6.07) is 0. The van der Waals surface area contributed by atoms with Crippen LogP contribution >= 0.6 is 0 Å². The van der Waals surface area contributed by atoms with Crippen LogP contribution in [0, 0.1) is 50.7 Å². The van der Waals surface area contributed by atoms with E-state index in [4.69, 9.17) is 14.2 Å². The third kappa shape index (κ3) is 3.98. The summed E-state index contributed by atoms with van der Waals surface area (Å²) in [5, 5.41) is 26.7. The third-order valence-electron chi connectivity index (χ3n) is 14.8. The Bertz CT molecular complexity index is 1070. The molecule has 6 fully saturated rings. The van der Waals surface area contributed by atoms with E-state index < -0.39 is 29.9 Å². The minimum absolute atomic E-state index is 0.0251. The molecule has 1 aliphatic heterocycles. The van der Waals surface area contributed by atoms with Crippen LogP contribution in [-0.2, 0) is 19.0 Å². The van der Waals surface area contributed by atoms with E-state index in [1.807, 2.05) is 7.05 Å². The highest BCUT2D eigenvalue weighted by atomic mass is 16.6. The lowest BCUT2D eigenvalue weighted by molar-refractivity contribution is -0.216. The number of nitrogens with one attached hydrogen (secondary N) is 1. The van der Waals surface area contributed by atoms with E-state index >= 15 is 0 Å². The quantitative estimate of drug-likeness (QED) is 0.281. The van der Waals surface area contributed by atoms with Crippen molar-refractivity contribution >= 4 is 5.97 Å². The minimum atomic E-state index is -1.24. The molecule has 6 aliphatic rings. The second-order valence-corrected chi connectivity index (χ2v) is 17.2. The molecule has 1 saturated heterocycles. The van der Waals surface area contributed by atoms with Gasteiger partial charge in [0.1, 0.15) is 0 Å². The summed E-state index contributed by atoms with van der Waals surface area (Å²) in [6.45, 7) is 18.5. The summed E-state index contributed by atoms with van der Waals surface area (Å²) >= 11 is 0. The van der Waals surface area contributed by atoms with Gasteiger partial charge in [0.15, 0.2) is 6.10 Å². The van der Waals surface area contributed by atoms with Crippen LogP contribution in [0.3, 0.4) is 0 Å². The average molecular weight is 590 g/mol. The molecule has 5 aliphatic carbocycles. The van der Waals surface area contributed by atoms with Gasteiger partial charge in [0, 0.05) is 18.9 Å². The van der Waals surface area contributed by atoms with Gasteiger partial charge in [-0.3, -0.25) is 4.79 Å². The number of hydrogen-bond acceptors (Lipinski definition) is 7. The zero-order valence-corrected chi connectivity index (χ0v) is 27.8. The fraction of sp³-hybridized carbons (Fsp3) is 0.971. The molecule has 0 aromatic heterocycles. The Kier molecular flexibility index (Phi) is 7.36. The summed E-state index contributed by atoms with van der Waals surface area (Å²) in [4.78, 5) is 12.0. The number of rotatable bonds is 7. The van der Waals surface area contributed by atoms with Crippen LogP contribution < -0.4 is 5.32 Å². The van der Waals surface area contributed by atoms with Crippen molar-refractivity contribution in [3.63, 3.8) is 0 Å². The molecule has 6 rings (SSSR count). The van der Waals surface area contributed by atoms with Gasteiger partial charge in [-0.2, -0.15) is 0 Å². The Morgan fingerprint density at radius 2 is 1.74 bits per heavy atom. The smallest absolute Gasteiger partial charge is 0.303 e. The van der Waals surface area contributed by atoms with Crippen molar-refractivity contribution in [1.29, 1.82) is 0 Å². The Hall–Kier alpha value is -0.730. The average Bonchev–Trinajstić information content (AvgIpc) is 3.52. The van der Waals surface area contributed by atoms with Gasteiger partial charge in [-0.15, -0.1) is 0 Å². The maximum absolute atomic E-state index is 12.5. The number of carbonyl (C=O) groups excluding carboxylic acids is 1. The fourth-order valence-corrected chi connectivity index (χ4v) is 13.0. The summed E-state index contributed by atoms with van der Waals surface area (Å²) in [5.74, 6) is 1.26. The predicted molar refractivity (Wildman–Crippen MR) is 162 cm³/mol. The largest absolute Gasteiger partial charge is 0.457 e. The van der Waals surface area contributed by atoms with Crippen LogP contribution in [0.5, 0.6) is 0 Å². The van der Waals surface area contributed by atoms with Gasteiger partial charge in [0.2, 0.25) is 0 Å². The van der Waals surface area contributed by atoms with Crippen molar-refractivity contribution in [3.05, 3.63) is 0 Å². The topological polar surface area (TPSA) is 97.2 Å². The Labute approximate surface area is 254 Å². The van der Waals surface area contributed by atoms with Gasteiger partial charge in [0.25, 0.3) is 0 Å². The first-order valence-electron chi connectivity index (χ1n) is 17.0. The van der Waals surface area contributed by atoms with E-state index in [1.165, 1.54) is 39.0 Å². The monoisotopic (exact) mass is 589 g/mol. The van der Waals surface area contributed by atoms with Crippen molar-refractivity contribution in [3.8, 4) is 0 Å². The van der Waals surface area contributed by atoms with Crippen LogP contribution in [0.15, 0.2) is 0 Å². The lowest BCUT2D eigenvalue weighted by Gasteiger charge is -2.63. The molecule has 0 amide bonds. The molecule has 2 spiro atoms. The van der Waals surface area contributed by atoms with E-state index in [9.17, 15) is 15.0 Å². The van der Waals surface area contributed by atoms with Crippen LogP contribution in [0.1, 0.15) is 107 Å². The van der Waals surface area contributed by atoms with Gasteiger partial charge in [0.05, 0.1) is 36.6 Å². The van der Waals surface area contributed by atoms with Crippen molar-refractivity contribution in [2.45, 2.75) is 143 Å². The molecule has 240 valence electrons. The maximum Gasteiger partial charge on any atom is 0.303 e. The first-order chi connectivity index (χ1) is 19.5. The lowest BCUT2D eigenvalue weighted by atomic mass is 9.41. The highest BCUT2D eigenvalue weighted by molar-refractivity contribution is 5.66. The van der Waals surface area contributed by atoms with E-state index in [2.05, 4.69) is 39.9 Å². The van der Waals surface area contributed by atoms with Gasteiger partial charge in [-0.25, -0.2) is 0 Å². The fourth-order valence-electron chi connectivity index (χ4n) is 13.0. The highest BCUT2D eigenvalue weighted by Gasteiger charge is 2.84. The molecular weight excluding hydrogens is 530 g/mol. The number of aliphatic hydroxyl groups is 2. The summed E-state index contributed by atoms with van der Waals surface area (Å²) in [5.41, 5.74) is -0.675. The third-order valence-corrected chi connectivity index (χ3v) is 14.8. The molecule has 7 heteroatoms. The molecule has 0 radical (unpaired) electrons. The molecule has 1 heterocycles. The Morgan fingerprint density at radius 3 is 2.38 bits per heavy atom. The number of carbonyl (C=O) groups is 1. The van der Waals surface area contributed by atoms with Crippen LogP contribution in [-0.4, -0.2) is 72.5 Å². The predicted octanol–water partition coefficient (Wildman–Crippen LogP) is 5.11. The molecule has 5 saturated carbocycles. The number of ether oxygens (including phenoxy) is 3. The SMILES string of the molecule is CNCCO[C@H]1CCC23C[C@]24CC[C@]2(C)[C@@H]5[C@H](O[C@@H]([C@H](OC(C)=O)C(C)(C)O)C[C@H]5C)[C@H](O)[C@@]2(C)[C@@H]4CC[C@H]3C1(C)C. The van der Waals surface area contributed by atoms with Crippen molar-refractivity contribution in [2.75, 3.05) is 20.2 Å². The molecule has 1 unspecified atom stereocenters. The Morgan fingerprint density at radius 1 is 1.07 bits per heavy atom. The summed E-state index contributed by atoms with van der Waals surface area (Å²) in [7, 11) is 1.99. The number of hydrogen-bond donors (Lipinski definition) is 3. The molecule has 13 atom stereocenters.